The third kappa shape index (κ3) is 3.28. The quantitative estimate of drug-likeness (QED) is 0.892. The first-order chi connectivity index (χ1) is 8.81. The SMILES string of the molecule is CC(C)(C)c1ccccc1NS(=O)(=O)C1CCNC1. The lowest BCUT2D eigenvalue weighted by Crippen LogP contribution is -2.30. The van der Waals surface area contributed by atoms with E-state index >= 15 is 0 Å². The maximum atomic E-state index is 12.3. The highest BCUT2D eigenvalue weighted by Gasteiger charge is 2.30. The molecular weight excluding hydrogens is 260 g/mol. The molecule has 1 saturated heterocycles. The maximum absolute atomic E-state index is 12.3. The molecule has 0 amide bonds. The van der Waals surface area contributed by atoms with Crippen molar-refractivity contribution in [3.63, 3.8) is 0 Å². The lowest BCUT2D eigenvalue weighted by Gasteiger charge is -2.24. The topological polar surface area (TPSA) is 58.2 Å². The summed E-state index contributed by atoms with van der Waals surface area (Å²) in [4.78, 5) is 0. The van der Waals surface area contributed by atoms with Crippen molar-refractivity contribution in [2.45, 2.75) is 37.9 Å². The summed E-state index contributed by atoms with van der Waals surface area (Å²) < 4.78 is 27.4. The van der Waals surface area contributed by atoms with Crippen LogP contribution in [0.2, 0.25) is 0 Å². The van der Waals surface area contributed by atoms with Gasteiger partial charge in [-0.2, -0.15) is 0 Å². The summed E-state index contributed by atoms with van der Waals surface area (Å²) in [5.74, 6) is 0. The highest BCUT2D eigenvalue weighted by molar-refractivity contribution is 7.93. The molecule has 19 heavy (non-hydrogen) atoms. The molecule has 1 atom stereocenters. The number of benzene rings is 1. The Labute approximate surface area is 115 Å². The van der Waals surface area contributed by atoms with Crippen LogP contribution in [-0.2, 0) is 15.4 Å². The second-order valence-electron chi connectivity index (χ2n) is 6.06. The van der Waals surface area contributed by atoms with Crippen molar-refractivity contribution in [3.8, 4) is 0 Å². The van der Waals surface area contributed by atoms with Crippen LogP contribution in [0.1, 0.15) is 32.8 Å². The minimum atomic E-state index is -3.31. The Hall–Kier alpha value is -1.07. The Morgan fingerprint density at radius 3 is 2.53 bits per heavy atom. The summed E-state index contributed by atoms with van der Waals surface area (Å²) in [5, 5.41) is 2.76. The molecule has 2 rings (SSSR count). The normalized spacial score (nSPS) is 20.5. The Morgan fingerprint density at radius 1 is 1.26 bits per heavy atom. The van der Waals surface area contributed by atoms with Crippen molar-refractivity contribution in [1.29, 1.82) is 0 Å². The van der Waals surface area contributed by atoms with Gasteiger partial charge in [0.1, 0.15) is 0 Å². The van der Waals surface area contributed by atoms with E-state index in [-0.39, 0.29) is 10.7 Å². The Balaban J connectivity index is 2.29. The Bertz CT molecular complexity index is 541. The summed E-state index contributed by atoms with van der Waals surface area (Å²) in [6.45, 7) is 7.55. The molecule has 1 heterocycles. The molecule has 5 heteroatoms. The molecule has 1 aliphatic heterocycles. The van der Waals surface area contributed by atoms with Crippen LogP contribution in [0.15, 0.2) is 24.3 Å². The number of sulfonamides is 1. The fourth-order valence-electron chi connectivity index (χ4n) is 2.36. The molecule has 0 radical (unpaired) electrons. The summed E-state index contributed by atoms with van der Waals surface area (Å²) in [7, 11) is -3.31. The first-order valence-corrected chi connectivity index (χ1v) is 8.17. The minimum absolute atomic E-state index is 0.0902. The smallest absolute Gasteiger partial charge is 0.236 e. The molecular formula is C14H22N2O2S. The van der Waals surface area contributed by atoms with Crippen molar-refractivity contribution >= 4 is 15.7 Å². The van der Waals surface area contributed by atoms with Crippen LogP contribution >= 0.6 is 0 Å². The van der Waals surface area contributed by atoms with Crippen LogP contribution in [0.5, 0.6) is 0 Å². The highest BCUT2D eigenvalue weighted by atomic mass is 32.2. The molecule has 0 aliphatic carbocycles. The standard InChI is InChI=1S/C14H22N2O2S/c1-14(2,3)12-6-4-5-7-13(12)16-19(17,18)11-8-9-15-10-11/h4-7,11,15-16H,8-10H2,1-3H3. The molecule has 4 nitrogen and oxygen atoms in total. The van der Waals surface area contributed by atoms with Gasteiger partial charge in [-0.25, -0.2) is 8.42 Å². The van der Waals surface area contributed by atoms with Gasteiger partial charge in [-0.05, 0) is 30.0 Å². The predicted octanol–water partition coefficient (Wildman–Crippen LogP) is 2.09. The van der Waals surface area contributed by atoms with Crippen LogP contribution in [-0.4, -0.2) is 26.8 Å². The number of para-hydroxylation sites is 1. The van der Waals surface area contributed by atoms with Crippen LogP contribution in [0.3, 0.4) is 0 Å². The average Bonchev–Trinajstić information content (AvgIpc) is 2.81. The number of rotatable bonds is 3. The van der Waals surface area contributed by atoms with Crippen LogP contribution in [0.25, 0.3) is 0 Å². The molecule has 1 aliphatic rings. The largest absolute Gasteiger partial charge is 0.315 e. The number of nitrogens with one attached hydrogen (secondary N) is 2. The van der Waals surface area contributed by atoms with Gasteiger partial charge in [-0.3, -0.25) is 4.72 Å². The summed E-state index contributed by atoms with van der Waals surface area (Å²) >= 11 is 0. The van der Waals surface area contributed by atoms with E-state index in [1.807, 2.05) is 24.3 Å². The average molecular weight is 282 g/mol. The van der Waals surface area contributed by atoms with Gasteiger partial charge in [0.25, 0.3) is 0 Å². The van der Waals surface area contributed by atoms with Crippen LogP contribution in [0.4, 0.5) is 5.69 Å². The second-order valence-corrected chi connectivity index (χ2v) is 8.02. The molecule has 0 aromatic heterocycles. The Kier molecular flexibility index (Phi) is 3.87. The third-order valence-corrected chi connectivity index (χ3v) is 5.23. The molecule has 2 N–H and O–H groups in total. The molecule has 1 aromatic rings. The van der Waals surface area contributed by atoms with Gasteiger partial charge in [-0.1, -0.05) is 39.0 Å². The molecule has 0 spiro atoms. The zero-order chi connectivity index (χ0) is 14.1. The van der Waals surface area contributed by atoms with E-state index in [1.54, 1.807) is 0 Å². The zero-order valence-electron chi connectivity index (χ0n) is 11.7. The highest BCUT2D eigenvalue weighted by Crippen LogP contribution is 2.30. The van der Waals surface area contributed by atoms with Crippen LogP contribution < -0.4 is 10.0 Å². The molecule has 0 bridgehead atoms. The van der Waals surface area contributed by atoms with Crippen molar-refractivity contribution < 1.29 is 8.42 Å². The number of hydrogen-bond donors (Lipinski definition) is 2. The van der Waals surface area contributed by atoms with E-state index < -0.39 is 10.0 Å². The van der Waals surface area contributed by atoms with Crippen molar-refractivity contribution in [2.75, 3.05) is 17.8 Å². The minimum Gasteiger partial charge on any atom is -0.315 e. The Morgan fingerprint density at radius 2 is 1.95 bits per heavy atom. The fraction of sp³-hybridized carbons (Fsp3) is 0.571. The number of hydrogen-bond acceptors (Lipinski definition) is 3. The van der Waals surface area contributed by atoms with Crippen molar-refractivity contribution in [2.24, 2.45) is 0 Å². The monoisotopic (exact) mass is 282 g/mol. The van der Waals surface area contributed by atoms with Gasteiger partial charge >= 0.3 is 0 Å². The summed E-state index contributed by atoms with van der Waals surface area (Å²) in [6, 6.07) is 7.61. The molecule has 0 saturated carbocycles. The van der Waals surface area contributed by atoms with E-state index in [1.165, 1.54) is 0 Å². The molecule has 1 fully saturated rings. The van der Waals surface area contributed by atoms with E-state index in [2.05, 4.69) is 30.8 Å². The van der Waals surface area contributed by atoms with Gasteiger partial charge in [0.15, 0.2) is 0 Å². The second kappa shape index (κ2) is 5.13. The molecule has 1 aromatic carbocycles. The first-order valence-electron chi connectivity index (χ1n) is 6.62. The van der Waals surface area contributed by atoms with E-state index in [9.17, 15) is 8.42 Å². The van der Waals surface area contributed by atoms with Gasteiger partial charge in [-0.15, -0.1) is 0 Å². The van der Waals surface area contributed by atoms with Crippen molar-refractivity contribution in [3.05, 3.63) is 29.8 Å². The van der Waals surface area contributed by atoms with Crippen LogP contribution in [0, 0.1) is 0 Å². The zero-order valence-corrected chi connectivity index (χ0v) is 12.5. The third-order valence-electron chi connectivity index (χ3n) is 3.44. The summed E-state index contributed by atoms with van der Waals surface area (Å²) in [5.41, 5.74) is 1.62. The first kappa shape index (κ1) is 14.3. The predicted molar refractivity (Wildman–Crippen MR) is 79.0 cm³/mol. The van der Waals surface area contributed by atoms with E-state index in [4.69, 9.17) is 0 Å². The molecule has 106 valence electrons. The fourth-order valence-corrected chi connectivity index (χ4v) is 3.77. The number of anilines is 1. The van der Waals surface area contributed by atoms with Gasteiger partial charge in [0.05, 0.1) is 10.9 Å². The van der Waals surface area contributed by atoms with Gasteiger partial charge in [0.2, 0.25) is 10.0 Å². The van der Waals surface area contributed by atoms with Gasteiger partial charge < -0.3 is 5.32 Å². The van der Waals surface area contributed by atoms with Crippen molar-refractivity contribution in [1.82, 2.24) is 5.32 Å². The summed E-state index contributed by atoms with van der Waals surface area (Å²) in [6.07, 6.45) is 0.674. The lowest BCUT2D eigenvalue weighted by molar-refractivity contribution is 0.584. The lowest BCUT2D eigenvalue weighted by atomic mass is 9.86. The van der Waals surface area contributed by atoms with E-state index in [0.717, 1.165) is 12.1 Å². The molecule has 1 unspecified atom stereocenters. The van der Waals surface area contributed by atoms with E-state index in [0.29, 0.717) is 18.7 Å². The maximum Gasteiger partial charge on any atom is 0.236 e. The van der Waals surface area contributed by atoms with Gasteiger partial charge in [0, 0.05) is 6.54 Å².